The quantitative estimate of drug-likeness (QED) is 0.727. The normalized spacial score (nSPS) is 15.1. The fraction of sp³-hybridized carbons (Fsp3) is 0.190. The molecule has 1 saturated heterocycles. The summed E-state index contributed by atoms with van der Waals surface area (Å²) in [6.45, 7) is 3.54. The van der Waals surface area contributed by atoms with Gasteiger partial charge >= 0.3 is 0 Å². The predicted molar refractivity (Wildman–Crippen MR) is 112 cm³/mol. The van der Waals surface area contributed by atoms with Gasteiger partial charge in [0.25, 0.3) is 11.1 Å². The Bertz CT molecular complexity index is 1030. The highest BCUT2D eigenvalue weighted by Crippen LogP contribution is 2.34. The van der Waals surface area contributed by atoms with Gasteiger partial charge in [0.2, 0.25) is 5.91 Å². The van der Waals surface area contributed by atoms with Crippen LogP contribution < -0.4 is 10.1 Å². The fourth-order valence-corrected chi connectivity index (χ4v) is 3.57. The zero-order valence-electron chi connectivity index (χ0n) is 16.2. The van der Waals surface area contributed by atoms with Gasteiger partial charge in [-0.05, 0) is 72.6 Å². The molecule has 3 rings (SSSR count). The van der Waals surface area contributed by atoms with E-state index in [0.717, 1.165) is 27.8 Å². The molecule has 1 fully saturated rings. The average Bonchev–Trinajstić information content (AvgIpc) is 2.93. The molecular formula is C21H20N2O5S. The number of nitrogens with one attached hydrogen (secondary N) is 1. The number of amides is 3. The third-order valence-electron chi connectivity index (χ3n) is 4.47. The first-order chi connectivity index (χ1) is 13.8. The number of phenolic OH excluding ortho intramolecular Hbond substituents is 1. The lowest BCUT2D eigenvalue weighted by atomic mass is 10.1. The summed E-state index contributed by atoms with van der Waals surface area (Å²) in [6, 6.07) is 10.1. The van der Waals surface area contributed by atoms with Gasteiger partial charge in [0.1, 0.15) is 6.54 Å². The van der Waals surface area contributed by atoms with E-state index in [1.807, 2.05) is 26.0 Å². The van der Waals surface area contributed by atoms with Gasteiger partial charge in [0.15, 0.2) is 11.5 Å². The van der Waals surface area contributed by atoms with Gasteiger partial charge in [-0.25, -0.2) is 0 Å². The number of nitrogens with zero attached hydrogens (tertiary/aromatic N) is 1. The molecule has 7 nitrogen and oxygen atoms in total. The second-order valence-corrected chi connectivity index (χ2v) is 7.54. The Labute approximate surface area is 172 Å². The van der Waals surface area contributed by atoms with E-state index in [0.29, 0.717) is 11.3 Å². The Morgan fingerprint density at radius 1 is 1.17 bits per heavy atom. The van der Waals surface area contributed by atoms with Gasteiger partial charge in [-0.3, -0.25) is 19.3 Å². The lowest BCUT2D eigenvalue weighted by Gasteiger charge is -2.13. The van der Waals surface area contributed by atoms with Gasteiger partial charge in [-0.1, -0.05) is 12.1 Å². The van der Waals surface area contributed by atoms with Crippen molar-refractivity contribution in [2.75, 3.05) is 19.0 Å². The van der Waals surface area contributed by atoms with Crippen LogP contribution in [0.25, 0.3) is 6.08 Å². The minimum absolute atomic E-state index is 0.0271. The highest BCUT2D eigenvalue weighted by Gasteiger charge is 2.36. The van der Waals surface area contributed by atoms with E-state index in [9.17, 15) is 19.5 Å². The first kappa shape index (κ1) is 20.5. The van der Waals surface area contributed by atoms with E-state index in [1.165, 1.54) is 19.3 Å². The van der Waals surface area contributed by atoms with Crippen molar-refractivity contribution in [3.05, 3.63) is 58.0 Å². The number of hydrogen-bond acceptors (Lipinski definition) is 6. The third-order valence-corrected chi connectivity index (χ3v) is 5.37. The van der Waals surface area contributed by atoms with Gasteiger partial charge in [0, 0.05) is 5.69 Å². The van der Waals surface area contributed by atoms with Gasteiger partial charge < -0.3 is 15.2 Å². The van der Waals surface area contributed by atoms with E-state index in [-0.39, 0.29) is 22.9 Å². The van der Waals surface area contributed by atoms with Crippen LogP contribution in [0.2, 0.25) is 0 Å². The predicted octanol–water partition coefficient (Wildman–Crippen LogP) is 3.69. The molecule has 1 aliphatic rings. The van der Waals surface area contributed by atoms with Crippen LogP contribution in [0.5, 0.6) is 11.5 Å². The van der Waals surface area contributed by atoms with Crippen molar-refractivity contribution < 1.29 is 24.2 Å². The maximum absolute atomic E-state index is 12.6. The summed E-state index contributed by atoms with van der Waals surface area (Å²) in [5.41, 5.74) is 3.33. The van der Waals surface area contributed by atoms with E-state index in [4.69, 9.17) is 4.74 Å². The first-order valence-corrected chi connectivity index (χ1v) is 9.59. The zero-order valence-corrected chi connectivity index (χ0v) is 17.0. The van der Waals surface area contributed by atoms with Crippen LogP contribution in [0.1, 0.15) is 16.7 Å². The van der Waals surface area contributed by atoms with E-state index in [1.54, 1.807) is 18.2 Å². The molecule has 150 valence electrons. The minimum Gasteiger partial charge on any atom is -0.504 e. The van der Waals surface area contributed by atoms with Crippen molar-refractivity contribution in [3.63, 3.8) is 0 Å². The Morgan fingerprint density at radius 2 is 1.93 bits per heavy atom. The number of aromatic hydroxyl groups is 1. The second-order valence-electron chi connectivity index (χ2n) is 6.55. The smallest absolute Gasteiger partial charge is 0.294 e. The minimum atomic E-state index is -0.540. The second kappa shape index (κ2) is 8.40. The Hall–Kier alpha value is -3.26. The number of anilines is 1. The van der Waals surface area contributed by atoms with Crippen molar-refractivity contribution in [1.29, 1.82) is 0 Å². The summed E-state index contributed by atoms with van der Waals surface area (Å²) in [7, 11) is 1.42. The third kappa shape index (κ3) is 4.60. The number of hydrogen-bond donors (Lipinski definition) is 2. The molecule has 0 aromatic heterocycles. The molecule has 29 heavy (non-hydrogen) atoms. The first-order valence-electron chi connectivity index (χ1n) is 8.78. The molecule has 0 saturated carbocycles. The van der Waals surface area contributed by atoms with Crippen LogP contribution in [0.3, 0.4) is 0 Å². The van der Waals surface area contributed by atoms with E-state index < -0.39 is 17.1 Å². The Morgan fingerprint density at radius 3 is 2.62 bits per heavy atom. The summed E-state index contributed by atoms with van der Waals surface area (Å²) >= 11 is 0.762. The van der Waals surface area contributed by atoms with E-state index in [2.05, 4.69) is 5.32 Å². The Balaban J connectivity index is 1.71. The molecule has 0 spiro atoms. The van der Waals surface area contributed by atoms with Gasteiger partial charge in [0.05, 0.1) is 12.0 Å². The molecule has 0 unspecified atom stereocenters. The number of benzene rings is 2. The molecule has 2 aromatic rings. The topological polar surface area (TPSA) is 95.9 Å². The molecule has 0 radical (unpaired) electrons. The molecule has 0 bridgehead atoms. The molecule has 1 heterocycles. The molecule has 1 aliphatic heterocycles. The molecular weight excluding hydrogens is 392 g/mol. The lowest BCUT2D eigenvalue weighted by molar-refractivity contribution is -0.127. The number of carbonyl (C=O) groups is 3. The Kier molecular flexibility index (Phi) is 5.93. The maximum atomic E-state index is 12.6. The largest absolute Gasteiger partial charge is 0.504 e. The summed E-state index contributed by atoms with van der Waals surface area (Å²) < 4.78 is 5.04. The highest BCUT2D eigenvalue weighted by molar-refractivity contribution is 8.18. The number of carbonyl (C=O) groups excluding carboxylic acids is 3. The van der Waals surface area contributed by atoms with Gasteiger partial charge in [-0.15, -0.1) is 0 Å². The van der Waals surface area contributed by atoms with Crippen molar-refractivity contribution in [2.45, 2.75) is 13.8 Å². The van der Waals surface area contributed by atoms with Gasteiger partial charge in [-0.2, -0.15) is 0 Å². The number of thioether (sulfide) groups is 1. The molecule has 8 heteroatoms. The number of phenols is 1. The highest BCUT2D eigenvalue weighted by atomic mass is 32.2. The SMILES string of the molecule is COc1cc(/C=C2/SC(=O)N(CC(=O)Nc3ccc(C)c(C)c3)C2=O)ccc1O. The van der Waals surface area contributed by atoms with Crippen molar-refractivity contribution in [2.24, 2.45) is 0 Å². The van der Waals surface area contributed by atoms with Crippen LogP contribution in [0.15, 0.2) is 41.3 Å². The number of rotatable bonds is 5. The number of imide groups is 1. The van der Waals surface area contributed by atoms with E-state index >= 15 is 0 Å². The lowest BCUT2D eigenvalue weighted by Crippen LogP contribution is -2.36. The summed E-state index contributed by atoms with van der Waals surface area (Å²) in [5.74, 6) is -0.767. The molecule has 3 amide bonds. The summed E-state index contributed by atoms with van der Waals surface area (Å²) in [6.07, 6.45) is 1.52. The van der Waals surface area contributed by atoms with Crippen molar-refractivity contribution in [3.8, 4) is 11.5 Å². The average molecular weight is 412 g/mol. The zero-order chi connectivity index (χ0) is 21.1. The summed E-state index contributed by atoms with van der Waals surface area (Å²) in [5, 5.41) is 11.9. The van der Waals surface area contributed by atoms with Crippen LogP contribution in [-0.2, 0) is 9.59 Å². The molecule has 2 aromatic carbocycles. The molecule has 0 atom stereocenters. The standard InChI is InChI=1S/C21H20N2O5S/c1-12-4-6-15(8-13(12)2)22-19(25)11-23-20(26)18(29-21(23)27)10-14-5-7-16(24)17(9-14)28-3/h4-10,24H,11H2,1-3H3,(H,22,25)/b18-10+. The van der Waals surface area contributed by atoms with Crippen molar-refractivity contribution in [1.82, 2.24) is 4.90 Å². The number of methoxy groups -OCH3 is 1. The molecule has 2 N–H and O–H groups in total. The fourth-order valence-electron chi connectivity index (χ4n) is 2.73. The number of aryl methyl sites for hydroxylation is 2. The van der Waals surface area contributed by atoms with Crippen LogP contribution in [0.4, 0.5) is 10.5 Å². The monoisotopic (exact) mass is 412 g/mol. The maximum Gasteiger partial charge on any atom is 0.294 e. The number of ether oxygens (including phenoxy) is 1. The van der Waals surface area contributed by atoms with Crippen molar-refractivity contribution >= 4 is 40.6 Å². The van der Waals surface area contributed by atoms with Crippen LogP contribution >= 0.6 is 11.8 Å². The molecule has 0 aliphatic carbocycles. The van der Waals surface area contributed by atoms with Crippen LogP contribution in [-0.4, -0.2) is 40.7 Å². The van der Waals surface area contributed by atoms with Crippen LogP contribution in [0, 0.1) is 13.8 Å². The summed E-state index contributed by atoms with van der Waals surface area (Å²) in [4.78, 5) is 38.2.